The smallest absolute Gasteiger partial charge is 0.307 e. The lowest BCUT2D eigenvalue weighted by atomic mass is 9.93. The van der Waals surface area contributed by atoms with E-state index in [2.05, 4.69) is 35.2 Å². The van der Waals surface area contributed by atoms with Crippen LogP contribution in [0.15, 0.2) is 67.0 Å². The second kappa shape index (κ2) is 11.9. The highest BCUT2D eigenvalue weighted by Gasteiger charge is 2.20. The Balaban J connectivity index is 0.000000682. The summed E-state index contributed by atoms with van der Waals surface area (Å²) in [6.07, 6.45) is 3.63. The second-order valence-corrected chi connectivity index (χ2v) is 13.0. The SMILES string of the molecule is CC(C)(C)O.Cc1cc2nc(-c3ccnc(-c4ccc5c(cnn5C)c4C)c3)sc2c(-c2ccc(Cl)cc2)c1CC(=O)O. The van der Waals surface area contributed by atoms with Gasteiger partial charge in [0.15, 0.2) is 0 Å². The largest absolute Gasteiger partial charge is 0.481 e. The third-order valence-corrected chi connectivity index (χ3v) is 8.35. The highest BCUT2D eigenvalue weighted by molar-refractivity contribution is 7.22. The molecule has 43 heavy (non-hydrogen) atoms. The predicted octanol–water partition coefficient (Wildman–Crippen LogP) is 8.25. The number of nitrogens with zero attached hydrogens (tertiary/aromatic N) is 4. The van der Waals surface area contributed by atoms with Crippen LogP contribution in [0.2, 0.25) is 5.02 Å². The number of aromatic nitrogens is 4. The normalized spacial score (nSPS) is 11.5. The van der Waals surface area contributed by atoms with E-state index < -0.39 is 11.6 Å². The molecule has 3 heterocycles. The Morgan fingerprint density at radius 3 is 2.40 bits per heavy atom. The predicted molar refractivity (Wildman–Crippen MR) is 176 cm³/mol. The van der Waals surface area contributed by atoms with Crippen LogP contribution in [0.3, 0.4) is 0 Å². The van der Waals surface area contributed by atoms with Gasteiger partial charge in [-0.15, -0.1) is 11.3 Å². The quantitative estimate of drug-likeness (QED) is 0.203. The maximum atomic E-state index is 11.8. The van der Waals surface area contributed by atoms with Gasteiger partial charge in [0.1, 0.15) is 5.01 Å². The molecule has 0 bridgehead atoms. The van der Waals surface area contributed by atoms with Crippen molar-refractivity contribution in [1.82, 2.24) is 19.7 Å². The van der Waals surface area contributed by atoms with E-state index in [9.17, 15) is 9.90 Å². The lowest BCUT2D eigenvalue weighted by Gasteiger charge is -2.13. The standard InChI is InChI=1S/C30H23ClN4O2S.C4H10O/c1-16-12-25-29(28(22(16)14-27(36)37)18-4-6-20(31)7-5-18)38-30(34-25)19-10-11-32-24(13-19)21-8-9-26-23(17(21)2)15-33-35(26)3;1-4(2,3)5/h4-13,15H,14H2,1-3H3,(H,36,37);5H,1-3H3. The third-order valence-electron chi connectivity index (χ3n) is 6.96. The first-order valence-electron chi connectivity index (χ1n) is 13.8. The topological polar surface area (TPSA) is 101 Å². The Morgan fingerprint density at radius 2 is 1.72 bits per heavy atom. The summed E-state index contributed by atoms with van der Waals surface area (Å²) in [5.74, 6) is -0.868. The molecule has 0 saturated heterocycles. The Labute approximate surface area is 259 Å². The number of pyridine rings is 1. The molecule has 0 radical (unpaired) electrons. The summed E-state index contributed by atoms with van der Waals surface area (Å²) in [4.78, 5) is 21.4. The number of aliphatic carboxylic acids is 1. The summed E-state index contributed by atoms with van der Waals surface area (Å²) in [6.45, 7) is 9.27. The maximum Gasteiger partial charge on any atom is 0.307 e. The Morgan fingerprint density at radius 1 is 1.02 bits per heavy atom. The number of rotatable bonds is 5. The van der Waals surface area contributed by atoms with Crippen molar-refractivity contribution in [3.8, 4) is 33.0 Å². The maximum absolute atomic E-state index is 11.8. The summed E-state index contributed by atoms with van der Waals surface area (Å²) >= 11 is 7.71. The number of carboxylic acids is 1. The molecule has 0 amide bonds. The molecule has 2 N–H and O–H groups in total. The Bertz CT molecular complexity index is 1960. The number of hydrogen-bond donors (Lipinski definition) is 2. The summed E-state index contributed by atoms with van der Waals surface area (Å²) in [5.41, 5.74) is 8.94. The average Bonchev–Trinajstić information content (AvgIpc) is 3.53. The fraction of sp³-hybridized carbons (Fsp3) is 0.235. The summed E-state index contributed by atoms with van der Waals surface area (Å²) in [7, 11) is 1.94. The molecule has 0 fully saturated rings. The van der Waals surface area contributed by atoms with E-state index in [4.69, 9.17) is 21.7 Å². The van der Waals surface area contributed by atoms with Gasteiger partial charge in [-0.25, -0.2) is 4.98 Å². The zero-order valence-corrected chi connectivity index (χ0v) is 26.5. The van der Waals surface area contributed by atoms with Crippen LogP contribution < -0.4 is 0 Å². The molecule has 0 aliphatic carbocycles. The average molecular weight is 613 g/mol. The molecule has 0 atom stereocenters. The number of aliphatic hydroxyl groups is 1. The molecular weight excluding hydrogens is 580 g/mol. The zero-order chi connectivity index (χ0) is 31.1. The van der Waals surface area contributed by atoms with Crippen LogP contribution in [-0.4, -0.2) is 41.5 Å². The van der Waals surface area contributed by atoms with E-state index in [1.54, 1.807) is 32.1 Å². The monoisotopic (exact) mass is 612 g/mol. The Kier molecular flexibility index (Phi) is 8.38. The zero-order valence-electron chi connectivity index (χ0n) is 24.9. The van der Waals surface area contributed by atoms with E-state index in [-0.39, 0.29) is 6.42 Å². The van der Waals surface area contributed by atoms with Crippen LogP contribution in [-0.2, 0) is 18.3 Å². The van der Waals surface area contributed by atoms with Gasteiger partial charge in [0.2, 0.25) is 0 Å². The van der Waals surface area contributed by atoms with Crippen molar-refractivity contribution in [2.75, 3.05) is 0 Å². The van der Waals surface area contributed by atoms with Crippen LogP contribution in [0.1, 0.15) is 37.5 Å². The molecule has 3 aromatic carbocycles. The van der Waals surface area contributed by atoms with E-state index >= 15 is 0 Å². The van der Waals surface area contributed by atoms with E-state index in [1.807, 2.05) is 67.4 Å². The fourth-order valence-corrected chi connectivity index (χ4v) is 6.27. The van der Waals surface area contributed by atoms with Crippen LogP contribution >= 0.6 is 22.9 Å². The summed E-state index contributed by atoms with van der Waals surface area (Å²) in [5, 5.41) is 25.1. The summed E-state index contributed by atoms with van der Waals surface area (Å²) in [6, 6.07) is 17.7. The molecule has 0 aliphatic heterocycles. The van der Waals surface area contributed by atoms with Crippen molar-refractivity contribution < 1.29 is 15.0 Å². The van der Waals surface area contributed by atoms with Gasteiger partial charge in [-0.3, -0.25) is 14.5 Å². The molecule has 7 nitrogen and oxygen atoms in total. The molecule has 6 rings (SSSR count). The van der Waals surface area contributed by atoms with Gasteiger partial charge >= 0.3 is 5.97 Å². The molecule has 220 valence electrons. The van der Waals surface area contributed by atoms with E-state index in [1.165, 1.54) is 0 Å². The summed E-state index contributed by atoms with van der Waals surface area (Å²) < 4.78 is 2.83. The number of hydrogen-bond acceptors (Lipinski definition) is 6. The molecule has 0 saturated carbocycles. The number of fused-ring (bicyclic) bond motifs is 2. The van der Waals surface area contributed by atoms with Gasteiger partial charge in [-0.05, 0) is 93.3 Å². The van der Waals surface area contributed by atoms with Crippen molar-refractivity contribution in [2.24, 2.45) is 7.05 Å². The van der Waals surface area contributed by atoms with Crippen LogP contribution in [0.25, 0.3) is 54.1 Å². The van der Waals surface area contributed by atoms with Gasteiger partial charge in [-0.2, -0.15) is 5.10 Å². The molecular formula is C34H33ClN4O3S. The number of carboxylic acid groups (broad SMARTS) is 1. The number of thiazole rings is 1. The van der Waals surface area contributed by atoms with Crippen molar-refractivity contribution in [3.05, 3.63) is 88.7 Å². The minimum absolute atomic E-state index is 0.0670. The molecule has 0 aliphatic rings. The van der Waals surface area contributed by atoms with Gasteiger partial charge in [0.25, 0.3) is 0 Å². The first-order valence-corrected chi connectivity index (χ1v) is 15.0. The number of carbonyl (C=O) groups is 1. The Hall–Kier alpha value is -4.11. The highest BCUT2D eigenvalue weighted by atomic mass is 35.5. The third kappa shape index (κ3) is 6.62. The van der Waals surface area contributed by atoms with Crippen LogP contribution in [0.5, 0.6) is 0 Å². The fourth-order valence-electron chi connectivity index (χ4n) is 5.01. The number of halogens is 1. The van der Waals surface area contributed by atoms with Gasteiger partial charge in [0.05, 0.1) is 39.6 Å². The lowest BCUT2D eigenvalue weighted by molar-refractivity contribution is -0.136. The molecule has 6 aromatic rings. The minimum atomic E-state index is -0.868. The number of aryl methyl sites for hydroxylation is 3. The van der Waals surface area contributed by atoms with Crippen molar-refractivity contribution in [2.45, 2.75) is 46.6 Å². The van der Waals surface area contributed by atoms with Crippen molar-refractivity contribution in [3.63, 3.8) is 0 Å². The molecule has 9 heteroatoms. The second-order valence-electron chi connectivity index (χ2n) is 11.5. The van der Waals surface area contributed by atoms with Gasteiger partial charge in [0, 0.05) is 40.3 Å². The number of benzene rings is 3. The van der Waals surface area contributed by atoms with Crippen molar-refractivity contribution in [1.29, 1.82) is 0 Å². The van der Waals surface area contributed by atoms with E-state index in [0.29, 0.717) is 5.02 Å². The van der Waals surface area contributed by atoms with Gasteiger partial charge in [-0.1, -0.05) is 29.8 Å². The highest BCUT2D eigenvalue weighted by Crippen LogP contribution is 2.41. The van der Waals surface area contributed by atoms with E-state index in [0.717, 1.165) is 70.8 Å². The van der Waals surface area contributed by atoms with Crippen molar-refractivity contribution >= 4 is 50.0 Å². The van der Waals surface area contributed by atoms with Crippen LogP contribution in [0, 0.1) is 13.8 Å². The lowest BCUT2D eigenvalue weighted by Crippen LogP contribution is -2.10. The first-order chi connectivity index (χ1) is 20.3. The molecule has 0 spiro atoms. The van der Waals surface area contributed by atoms with Crippen LogP contribution in [0.4, 0.5) is 0 Å². The van der Waals surface area contributed by atoms with Gasteiger partial charge < -0.3 is 10.2 Å². The molecule has 0 unspecified atom stereocenters. The molecule has 3 aromatic heterocycles. The first kappa shape index (κ1) is 30.4. The minimum Gasteiger partial charge on any atom is -0.481 e.